The molecule has 4 nitrogen and oxygen atoms in total. The van der Waals surface area contributed by atoms with Crippen LogP contribution < -0.4 is 4.90 Å². The van der Waals surface area contributed by atoms with Gasteiger partial charge in [0.2, 0.25) is 11.4 Å². The van der Waals surface area contributed by atoms with Crippen molar-refractivity contribution in [1.29, 1.82) is 0 Å². The van der Waals surface area contributed by atoms with Crippen molar-refractivity contribution < 1.29 is 9.53 Å². The topological polar surface area (TPSA) is 53.0 Å². The van der Waals surface area contributed by atoms with Gasteiger partial charge in [-0.2, -0.15) is 0 Å². The normalized spacial score (nSPS) is 10.9. The van der Waals surface area contributed by atoms with Gasteiger partial charge in [-0.25, -0.2) is 0 Å². The molecule has 0 atom stereocenters. The van der Waals surface area contributed by atoms with E-state index in [1.165, 1.54) is 0 Å². The molecule has 4 heteroatoms. The van der Waals surface area contributed by atoms with Crippen LogP contribution in [0.2, 0.25) is 0 Å². The molecule has 0 aliphatic heterocycles. The Balaban J connectivity index is 2.57. The summed E-state index contributed by atoms with van der Waals surface area (Å²) in [5.41, 5.74) is 2.03. The van der Waals surface area contributed by atoms with E-state index in [4.69, 9.17) is 0 Å². The smallest absolute Gasteiger partial charge is 0.229 e. The molecule has 1 heterocycles. The van der Waals surface area contributed by atoms with Crippen LogP contribution >= 0.6 is 0 Å². The van der Waals surface area contributed by atoms with Crippen LogP contribution in [0.5, 0.6) is 0 Å². The van der Waals surface area contributed by atoms with Crippen LogP contribution in [0.1, 0.15) is 25.5 Å². The average molecular weight is 204 g/mol. The second kappa shape index (κ2) is 3.73. The van der Waals surface area contributed by atoms with Crippen molar-refractivity contribution in [3.8, 4) is 11.3 Å². The van der Waals surface area contributed by atoms with Gasteiger partial charge in [-0.05, 0) is 4.90 Å². The third-order valence-electron chi connectivity index (χ3n) is 2.23. The molecule has 0 saturated heterocycles. The maximum Gasteiger partial charge on any atom is 0.229 e. The van der Waals surface area contributed by atoms with Crippen LogP contribution in [0.25, 0.3) is 11.3 Å². The summed E-state index contributed by atoms with van der Waals surface area (Å²) in [6.07, 6.45) is 0. The summed E-state index contributed by atoms with van der Waals surface area (Å²) in [6, 6.07) is 9.40. The predicted molar refractivity (Wildman–Crippen MR) is 55.0 cm³/mol. The molecule has 0 saturated carbocycles. The lowest BCUT2D eigenvalue weighted by Crippen LogP contribution is -2.25. The van der Waals surface area contributed by atoms with Crippen LogP contribution in [0.15, 0.2) is 35.0 Å². The van der Waals surface area contributed by atoms with E-state index in [-0.39, 0.29) is 5.92 Å². The molecule has 1 aromatic heterocycles. The molecule has 15 heavy (non-hydrogen) atoms. The molecule has 0 fully saturated rings. The Kier molecular flexibility index (Phi) is 2.41. The lowest BCUT2D eigenvalue weighted by molar-refractivity contribution is -0.793. The molecule has 2 rings (SSSR count). The number of rotatable bonds is 2. The second-order valence-electron chi connectivity index (χ2n) is 3.68. The molecule has 0 N–H and O–H groups in total. The monoisotopic (exact) mass is 204 g/mol. The van der Waals surface area contributed by atoms with E-state index in [0.717, 1.165) is 5.56 Å². The zero-order valence-electron chi connectivity index (χ0n) is 8.68. The maximum atomic E-state index is 11.4. The van der Waals surface area contributed by atoms with Gasteiger partial charge in [-0.15, -0.1) is 0 Å². The maximum absolute atomic E-state index is 11.4. The summed E-state index contributed by atoms with van der Waals surface area (Å²) in [6.45, 7) is 3.95. The van der Waals surface area contributed by atoms with Gasteiger partial charge in [0.1, 0.15) is 0 Å². The van der Waals surface area contributed by atoms with Crippen molar-refractivity contribution >= 4 is 0 Å². The minimum absolute atomic E-state index is 0.166. The standard InChI is InChI=1S/C11H12N2O2/c1-8(2)10-11(13(14)15-12-10)9-6-4-3-5-7-9/h3-8H,1-2H3. The number of nitrogens with zero attached hydrogens (tertiary/aromatic N) is 2. The molecule has 2 aromatic rings. The fourth-order valence-electron chi connectivity index (χ4n) is 1.49. The average Bonchev–Trinajstić information content (AvgIpc) is 2.61. The van der Waals surface area contributed by atoms with Crippen LogP contribution in [-0.4, -0.2) is 5.16 Å². The van der Waals surface area contributed by atoms with E-state index in [2.05, 4.69) is 9.79 Å². The highest BCUT2D eigenvalue weighted by Crippen LogP contribution is 2.23. The highest BCUT2D eigenvalue weighted by molar-refractivity contribution is 5.58. The van der Waals surface area contributed by atoms with Gasteiger partial charge in [0.05, 0.1) is 0 Å². The Morgan fingerprint density at radius 3 is 2.53 bits per heavy atom. The molecule has 1 aromatic carbocycles. The van der Waals surface area contributed by atoms with Crippen molar-refractivity contribution in [3.63, 3.8) is 0 Å². The second-order valence-corrected chi connectivity index (χ2v) is 3.68. The summed E-state index contributed by atoms with van der Waals surface area (Å²) in [7, 11) is 0. The molecule has 0 aliphatic carbocycles. The van der Waals surface area contributed by atoms with Gasteiger partial charge in [0.25, 0.3) is 0 Å². The number of benzene rings is 1. The van der Waals surface area contributed by atoms with Gasteiger partial charge in [-0.1, -0.05) is 44.2 Å². The van der Waals surface area contributed by atoms with Crippen molar-refractivity contribution in [2.75, 3.05) is 0 Å². The van der Waals surface area contributed by atoms with E-state index in [1.54, 1.807) is 0 Å². The zero-order valence-corrected chi connectivity index (χ0v) is 8.68. The first-order chi connectivity index (χ1) is 7.20. The first-order valence-electron chi connectivity index (χ1n) is 4.85. The van der Waals surface area contributed by atoms with Gasteiger partial charge in [0.15, 0.2) is 0 Å². The number of aromatic nitrogens is 2. The van der Waals surface area contributed by atoms with E-state index >= 15 is 0 Å². The molecule has 0 unspecified atom stereocenters. The van der Waals surface area contributed by atoms with Gasteiger partial charge in [0, 0.05) is 16.6 Å². The lowest BCUT2D eigenvalue weighted by atomic mass is 10.0. The third-order valence-corrected chi connectivity index (χ3v) is 2.23. The largest absolute Gasteiger partial charge is 0.359 e. The molecule has 0 spiro atoms. The first kappa shape index (κ1) is 9.71. The predicted octanol–water partition coefficient (Wildman–Crippen LogP) is 2.10. The minimum atomic E-state index is 0.166. The number of hydrogen-bond acceptors (Lipinski definition) is 3. The quantitative estimate of drug-likeness (QED) is 0.704. The van der Waals surface area contributed by atoms with Crippen molar-refractivity contribution in [2.45, 2.75) is 19.8 Å². The third kappa shape index (κ3) is 1.70. The first-order valence-corrected chi connectivity index (χ1v) is 4.85. The summed E-state index contributed by atoms with van der Waals surface area (Å²) < 4.78 is 4.62. The fraction of sp³-hybridized carbons (Fsp3) is 0.273. The summed E-state index contributed by atoms with van der Waals surface area (Å²) in [5, 5.41) is 15.2. The molecule has 0 amide bonds. The van der Waals surface area contributed by atoms with Gasteiger partial charge < -0.3 is 5.21 Å². The van der Waals surface area contributed by atoms with Crippen LogP contribution in [-0.2, 0) is 0 Å². The lowest BCUT2D eigenvalue weighted by Gasteiger charge is -1.99. The Morgan fingerprint density at radius 1 is 1.27 bits per heavy atom. The molecule has 0 bridgehead atoms. The Morgan fingerprint density at radius 2 is 1.93 bits per heavy atom. The van der Waals surface area contributed by atoms with E-state index in [1.807, 2.05) is 44.2 Å². The van der Waals surface area contributed by atoms with Crippen molar-refractivity contribution in [1.82, 2.24) is 5.16 Å². The number of hydrogen-bond donors (Lipinski definition) is 0. The summed E-state index contributed by atoms with van der Waals surface area (Å²) in [5.74, 6) is 0.166. The van der Waals surface area contributed by atoms with E-state index in [9.17, 15) is 5.21 Å². The van der Waals surface area contributed by atoms with Crippen molar-refractivity contribution in [3.05, 3.63) is 41.2 Å². The van der Waals surface area contributed by atoms with Gasteiger partial charge in [-0.3, -0.25) is 4.63 Å². The summed E-state index contributed by atoms with van der Waals surface area (Å²) >= 11 is 0. The Hall–Kier alpha value is -1.84. The zero-order chi connectivity index (χ0) is 10.8. The van der Waals surface area contributed by atoms with Crippen LogP contribution in [0.3, 0.4) is 0 Å². The summed E-state index contributed by atoms with van der Waals surface area (Å²) in [4.78, 5) is 0.463. The molecule has 0 radical (unpaired) electrons. The molecule has 78 valence electrons. The fourth-order valence-corrected chi connectivity index (χ4v) is 1.49. The SMILES string of the molecule is CC(C)c1no[n+]([O-])c1-c1ccccc1. The van der Waals surface area contributed by atoms with Crippen molar-refractivity contribution in [2.24, 2.45) is 0 Å². The highest BCUT2D eigenvalue weighted by atomic mass is 16.8. The molecule has 0 aliphatic rings. The Labute approximate surface area is 87.7 Å². The van der Waals surface area contributed by atoms with Crippen LogP contribution in [0, 0.1) is 5.21 Å². The van der Waals surface area contributed by atoms with E-state index in [0.29, 0.717) is 16.3 Å². The highest BCUT2D eigenvalue weighted by Gasteiger charge is 2.23. The molecular weight excluding hydrogens is 192 g/mol. The van der Waals surface area contributed by atoms with Gasteiger partial charge >= 0.3 is 0 Å². The van der Waals surface area contributed by atoms with E-state index < -0.39 is 0 Å². The molecular formula is C11H12N2O2. The van der Waals surface area contributed by atoms with Crippen LogP contribution in [0.4, 0.5) is 0 Å². The Bertz CT molecular complexity index is 449. The minimum Gasteiger partial charge on any atom is -0.359 e.